The van der Waals surface area contributed by atoms with Crippen LogP contribution in [0.5, 0.6) is 0 Å². The molecule has 1 unspecified atom stereocenters. The minimum absolute atomic E-state index is 0.00987. The van der Waals surface area contributed by atoms with E-state index in [1.165, 1.54) is 11.3 Å². The number of carbonyl (C=O) groups is 2. The average molecular weight is 441 g/mol. The zero-order valence-corrected chi connectivity index (χ0v) is 18.6. The van der Waals surface area contributed by atoms with Crippen molar-refractivity contribution in [1.29, 1.82) is 0 Å². The second-order valence-corrected chi connectivity index (χ2v) is 8.63. The molecule has 0 bridgehead atoms. The molecule has 3 heterocycles. The largest absolute Gasteiger partial charge is 0.382 e. The SMILES string of the molecule is CCOCCCn1c(NC(=O)C2CCCN(C(=O)c3cccs3)C2)nc2ccccc21. The molecule has 1 atom stereocenters. The lowest BCUT2D eigenvalue weighted by Gasteiger charge is -2.31. The number of fused-ring (bicyclic) bond motifs is 1. The molecule has 1 aliphatic heterocycles. The van der Waals surface area contributed by atoms with Crippen molar-refractivity contribution in [3.8, 4) is 0 Å². The lowest BCUT2D eigenvalue weighted by Crippen LogP contribution is -2.43. The van der Waals surface area contributed by atoms with Gasteiger partial charge in [0, 0.05) is 32.8 Å². The van der Waals surface area contributed by atoms with Crippen LogP contribution in [0.4, 0.5) is 5.95 Å². The molecule has 0 radical (unpaired) electrons. The minimum Gasteiger partial charge on any atom is -0.382 e. The highest BCUT2D eigenvalue weighted by Gasteiger charge is 2.30. The number of aryl methyl sites for hydroxylation is 1. The lowest BCUT2D eigenvalue weighted by molar-refractivity contribution is -0.121. The summed E-state index contributed by atoms with van der Waals surface area (Å²) in [7, 11) is 0. The number of imidazole rings is 1. The summed E-state index contributed by atoms with van der Waals surface area (Å²) in [4.78, 5) is 33.0. The number of carbonyl (C=O) groups excluding carboxylic acids is 2. The van der Waals surface area contributed by atoms with Crippen LogP contribution in [-0.4, -0.2) is 52.6 Å². The minimum atomic E-state index is -0.241. The van der Waals surface area contributed by atoms with Crippen LogP contribution in [0.15, 0.2) is 41.8 Å². The first-order valence-corrected chi connectivity index (χ1v) is 11.7. The highest BCUT2D eigenvalue weighted by atomic mass is 32.1. The Morgan fingerprint density at radius 2 is 2.13 bits per heavy atom. The molecule has 8 heteroatoms. The van der Waals surface area contributed by atoms with E-state index in [0.29, 0.717) is 38.8 Å². The van der Waals surface area contributed by atoms with E-state index in [1.54, 1.807) is 4.90 Å². The van der Waals surface area contributed by atoms with Crippen molar-refractivity contribution in [3.05, 3.63) is 46.7 Å². The fourth-order valence-electron chi connectivity index (χ4n) is 4.01. The summed E-state index contributed by atoms with van der Waals surface area (Å²) in [6, 6.07) is 11.6. The first kappa shape index (κ1) is 21.5. The number of anilines is 1. The number of para-hydroxylation sites is 2. The van der Waals surface area contributed by atoms with Gasteiger partial charge in [0.05, 0.1) is 21.8 Å². The molecule has 1 N–H and O–H groups in total. The number of likely N-dealkylation sites (tertiary alicyclic amines) is 1. The fraction of sp³-hybridized carbons (Fsp3) is 0.435. The predicted molar refractivity (Wildman–Crippen MR) is 122 cm³/mol. The summed E-state index contributed by atoms with van der Waals surface area (Å²) < 4.78 is 7.51. The van der Waals surface area contributed by atoms with E-state index in [9.17, 15) is 9.59 Å². The second kappa shape index (κ2) is 10.1. The van der Waals surface area contributed by atoms with E-state index in [4.69, 9.17) is 4.74 Å². The van der Waals surface area contributed by atoms with Gasteiger partial charge in [-0.15, -0.1) is 11.3 Å². The van der Waals surface area contributed by atoms with Crippen LogP contribution in [0.3, 0.4) is 0 Å². The number of ether oxygens (including phenoxy) is 1. The van der Waals surface area contributed by atoms with Crippen molar-refractivity contribution >= 4 is 40.1 Å². The fourth-order valence-corrected chi connectivity index (χ4v) is 4.70. The molecular weight excluding hydrogens is 412 g/mol. The van der Waals surface area contributed by atoms with Crippen LogP contribution in [0, 0.1) is 5.92 Å². The van der Waals surface area contributed by atoms with Gasteiger partial charge in [-0.1, -0.05) is 18.2 Å². The summed E-state index contributed by atoms with van der Waals surface area (Å²) in [6.45, 7) is 5.18. The molecular formula is C23H28N4O3S. The lowest BCUT2D eigenvalue weighted by atomic mass is 9.97. The molecule has 4 rings (SSSR count). The number of nitrogens with zero attached hydrogens (tertiary/aromatic N) is 3. The molecule has 2 aromatic heterocycles. The number of piperidine rings is 1. The number of benzene rings is 1. The third-order valence-corrected chi connectivity index (χ3v) is 6.43. The summed E-state index contributed by atoms with van der Waals surface area (Å²) in [6.07, 6.45) is 2.42. The Morgan fingerprint density at radius 3 is 2.94 bits per heavy atom. The van der Waals surface area contributed by atoms with E-state index in [-0.39, 0.29) is 17.7 Å². The smallest absolute Gasteiger partial charge is 0.263 e. The molecule has 0 saturated carbocycles. The van der Waals surface area contributed by atoms with Crippen LogP contribution in [-0.2, 0) is 16.1 Å². The second-order valence-electron chi connectivity index (χ2n) is 7.68. The Morgan fingerprint density at radius 1 is 1.26 bits per heavy atom. The Labute approximate surface area is 186 Å². The molecule has 2 amide bonds. The summed E-state index contributed by atoms with van der Waals surface area (Å²) in [5.74, 6) is 0.250. The maximum atomic E-state index is 13.1. The topological polar surface area (TPSA) is 76.5 Å². The molecule has 1 fully saturated rings. The van der Waals surface area contributed by atoms with Gasteiger partial charge in [-0.2, -0.15) is 0 Å². The molecule has 164 valence electrons. The number of nitrogens with one attached hydrogen (secondary N) is 1. The summed E-state index contributed by atoms with van der Waals surface area (Å²) in [5.41, 5.74) is 1.85. The van der Waals surface area contributed by atoms with Gasteiger partial charge in [0.25, 0.3) is 5.91 Å². The van der Waals surface area contributed by atoms with Crippen molar-refractivity contribution in [2.45, 2.75) is 32.7 Å². The van der Waals surface area contributed by atoms with Crippen LogP contribution >= 0.6 is 11.3 Å². The van der Waals surface area contributed by atoms with E-state index < -0.39 is 0 Å². The molecule has 1 aliphatic rings. The van der Waals surface area contributed by atoms with Gasteiger partial charge >= 0.3 is 0 Å². The van der Waals surface area contributed by atoms with E-state index in [2.05, 4.69) is 10.3 Å². The van der Waals surface area contributed by atoms with Crippen LogP contribution in [0.1, 0.15) is 35.9 Å². The molecule has 31 heavy (non-hydrogen) atoms. The normalized spacial score (nSPS) is 16.5. The van der Waals surface area contributed by atoms with Crippen LogP contribution in [0.2, 0.25) is 0 Å². The maximum Gasteiger partial charge on any atom is 0.263 e. The molecule has 0 spiro atoms. The van der Waals surface area contributed by atoms with E-state index in [1.807, 2.05) is 53.3 Å². The van der Waals surface area contributed by atoms with Crippen molar-refractivity contribution < 1.29 is 14.3 Å². The summed E-state index contributed by atoms with van der Waals surface area (Å²) in [5, 5.41) is 4.94. The van der Waals surface area contributed by atoms with Crippen LogP contribution < -0.4 is 5.32 Å². The standard InChI is InChI=1S/C23H28N4O3S/c1-2-30-14-7-13-27-19-10-4-3-9-18(19)24-23(27)25-21(28)17-8-5-12-26(16-17)22(29)20-11-6-15-31-20/h3-4,6,9-11,15,17H,2,5,7-8,12-14,16H2,1H3,(H,24,25,28). The van der Waals surface area contributed by atoms with Gasteiger partial charge < -0.3 is 14.2 Å². The summed E-state index contributed by atoms with van der Waals surface area (Å²) >= 11 is 1.44. The Kier molecular flexibility index (Phi) is 6.99. The molecule has 1 saturated heterocycles. The number of thiophene rings is 1. The number of hydrogen-bond donors (Lipinski definition) is 1. The van der Waals surface area contributed by atoms with Crippen LogP contribution in [0.25, 0.3) is 11.0 Å². The number of aromatic nitrogens is 2. The Hall–Kier alpha value is -2.71. The molecule has 3 aromatic rings. The zero-order valence-electron chi connectivity index (χ0n) is 17.8. The number of hydrogen-bond acceptors (Lipinski definition) is 5. The highest BCUT2D eigenvalue weighted by Crippen LogP contribution is 2.24. The first-order chi connectivity index (χ1) is 15.2. The van der Waals surface area contributed by atoms with Gasteiger partial charge in [0.1, 0.15) is 0 Å². The molecule has 1 aromatic carbocycles. The van der Waals surface area contributed by atoms with Gasteiger partial charge in [0.15, 0.2) is 0 Å². The number of amides is 2. The first-order valence-electron chi connectivity index (χ1n) is 10.8. The average Bonchev–Trinajstić information content (AvgIpc) is 3.45. The van der Waals surface area contributed by atoms with Gasteiger partial charge in [-0.25, -0.2) is 4.98 Å². The predicted octanol–water partition coefficient (Wildman–Crippen LogP) is 4.02. The molecule has 7 nitrogen and oxygen atoms in total. The third-order valence-electron chi connectivity index (χ3n) is 5.58. The number of rotatable bonds is 8. The highest BCUT2D eigenvalue weighted by molar-refractivity contribution is 7.12. The Bertz CT molecular complexity index is 1030. The van der Waals surface area contributed by atoms with Crippen molar-refractivity contribution in [2.24, 2.45) is 5.92 Å². The van der Waals surface area contributed by atoms with Crippen molar-refractivity contribution in [1.82, 2.24) is 14.5 Å². The van der Waals surface area contributed by atoms with Gasteiger partial charge in [-0.05, 0) is 49.8 Å². The molecule has 0 aliphatic carbocycles. The van der Waals surface area contributed by atoms with E-state index >= 15 is 0 Å². The monoisotopic (exact) mass is 440 g/mol. The third kappa shape index (κ3) is 4.97. The Balaban J connectivity index is 1.46. The van der Waals surface area contributed by atoms with Gasteiger partial charge in [-0.3, -0.25) is 14.9 Å². The zero-order chi connectivity index (χ0) is 21.6. The maximum absolute atomic E-state index is 13.1. The van der Waals surface area contributed by atoms with E-state index in [0.717, 1.165) is 35.2 Å². The quantitative estimate of drug-likeness (QED) is 0.537. The van der Waals surface area contributed by atoms with Gasteiger partial charge in [0.2, 0.25) is 11.9 Å². The van der Waals surface area contributed by atoms with Crippen molar-refractivity contribution in [3.63, 3.8) is 0 Å². The van der Waals surface area contributed by atoms with Crippen molar-refractivity contribution in [2.75, 3.05) is 31.6 Å².